The number of aryl methyl sites for hydroxylation is 1. The zero-order chi connectivity index (χ0) is 30.2. The molecule has 3 aromatic carbocycles. The number of alkyl halides is 6. The quantitative estimate of drug-likeness (QED) is 0.255. The number of halogens is 6. The third kappa shape index (κ3) is 5.90. The molecule has 0 radical (unpaired) electrons. The fourth-order valence-corrected chi connectivity index (χ4v) is 4.87. The van der Waals surface area contributed by atoms with Crippen LogP contribution in [0.1, 0.15) is 45.7 Å². The lowest BCUT2D eigenvalue weighted by Crippen LogP contribution is -2.30. The SMILES string of the molecule is CN(C(=O)c1cccc2ccccc12)c1nc2n(c1OC(=O)NCc1cc(C(F)(F)F)cc(C(F)(F)F)c1)CCCC2. The fourth-order valence-electron chi connectivity index (χ4n) is 4.87. The van der Waals surface area contributed by atoms with Gasteiger partial charge in [-0.15, -0.1) is 0 Å². The van der Waals surface area contributed by atoms with E-state index in [1.807, 2.05) is 18.2 Å². The van der Waals surface area contributed by atoms with Crippen LogP contribution in [0.25, 0.3) is 10.8 Å². The summed E-state index contributed by atoms with van der Waals surface area (Å²) in [6, 6.07) is 13.6. The molecule has 0 bridgehead atoms. The summed E-state index contributed by atoms with van der Waals surface area (Å²) >= 11 is 0. The second kappa shape index (κ2) is 11.0. The predicted octanol–water partition coefficient (Wildman–Crippen LogP) is 6.98. The van der Waals surface area contributed by atoms with Crippen molar-refractivity contribution in [3.05, 3.63) is 88.7 Å². The minimum Gasteiger partial charge on any atom is -0.389 e. The Bertz CT molecular complexity index is 1620. The van der Waals surface area contributed by atoms with Crippen molar-refractivity contribution in [3.8, 4) is 5.88 Å². The van der Waals surface area contributed by atoms with E-state index in [2.05, 4.69) is 10.3 Å². The van der Waals surface area contributed by atoms with E-state index in [4.69, 9.17) is 4.74 Å². The highest BCUT2D eigenvalue weighted by atomic mass is 19.4. The highest BCUT2D eigenvalue weighted by Crippen LogP contribution is 2.37. The summed E-state index contributed by atoms with van der Waals surface area (Å²) in [7, 11) is 1.48. The molecule has 0 saturated carbocycles. The molecule has 2 heterocycles. The summed E-state index contributed by atoms with van der Waals surface area (Å²) < 4.78 is 86.5. The first-order valence-corrected chi connectivity index (χ1v) is 12.9. The topological polar surface area (TPSA) is 76.5 Å². The highest BCUT2D eigenvalue weighted by Gasteiger charge is 2.37. The molecule has 7 nitrogen and oxygen atoms in total. The molecule has 0 fully saturated rings. The number of nitrogens with zero attached hydrogens (tertiary/aromatic N) is 3. The van der Waals surface area contributed by atoms with Crippen LogP contribution in [0.3, 0.4) is 0 Å². The number of anilines is 1. The molecule has 5 rings (SSSR count). The summed E-state index contributed by atoms with van der Waals surface area (Å²) in [6.07, 6.45) is -9.07. The molecule has 2 amide bonds. The van der Waals surface area contributed by atoms with Crippen molar-refractivity contribution in [3.63, 3.8) is 0 Å². The van der Waals surface area contributed by atoms with Crippen molar-refractivity contribution in [2.75, 3.05) is 11.9 Å². The lowest BCUT2D eigenvalue weighted by Gasteiger charge is -2.19. The number of nitrogens with one attached hydrogen (secondary N) is 1. The predicted molar refractivity (Wildman–Crippen MR) is 141 cm³/mol. The van der Waals surface area contributed by atoms with E-state index in [1.54, 1.807) is 28.8 Å². The van der Waals surface area contributed by atoms with E-state index in [-0.39, 0.29) is 17.8 Å². The molecule has 0 atom stereocenters. The molecule has 1 N–H and O–H groups in total. The van der Waals surface area contributed by atoms with Crippen LogP contribution in [-0.4, -0.2) is 28.6 Å². The molecular formula is C29H24F6N4O3. The maximum Gasteiger partial charge on any atom is 0.416 e. The number of amides is 2. The van der Waals surface area contributed by atoms with Gasteiger partial charge in [-0.3, -0.25) is 14.3 Å². The molecule has 220 valence electrons. The van der Waals surface area contributed by atoms with Gasteiger partial charge in [0.15, 0.2) is 5.82 Å². The summed E-state index contributed by atoms with van der Waals surface area (Å²) in [6.45, 7) is -0.239. The first kappa shape index (κ1) is 29.0. The molecule has 42 heavy (non-hydrogen) atoms. The van der Waals surface area contributed by atoms with Gasteiger partial charge in [0.2, 0.25) is 5.88 Å². The van der Waals surface area contributed by atoms with Crippen LogP contribution >= 0.6 is 0 Å². The van der Waals surface area contributed by atoms with Gasteiger partial charge in [0.1, 0.15) is 5.82 Å². The van der Waals surface area contributed by atoms with E-state index < -0.39 is 47.6 Å². The van der Waals surface area contributed by atoms with Gasteiger partial charge >= 0.3 is 18.4 Å². The minimum absolute atomic E-state index is 0.00938. The van der Waals surface area contributed by atoms with Gasteiger partial charge in [0.05, 0.1) is 11.1 Å². The zero-order valence-corrected chi connectivity index (χ0v) is 22.1. The van der Waals surface area contributed by atoms with Crippen LogP contribution in [0, 0.1) is 0 Å². The summed E-state index contributed by atoms with van der Waals surface area (Å²) in [5.41, 5.74) is -3.03. The van der Waals surface area contributed by atoms with Gasteiger partial charge in [0, 0.05) is 32.1 Å². The first-order chi connectivity index (χ1) is 19.8. The smallest absolute Gasteiger partial charge is 0.389 e. The maximum atomic E-state index is 13.6. The number of aromatic nitrogens is 2. The minimum atomic E-state index is -5.02. The number of hydrogen-bond acceptors (Lipinski definition) is 4. The van der Waals surface area contributed by atoms with Gasteiger partial charge in [0.25, 0.3) is 5.91 Å². The number of rotatable bonds is 5. The Balaban J connectivity index is 1.40. The lowest BCUT2D eigenvalue weighted by molar-refractivity contribution is -0.143. The van der Waals surface area contributed by atoms with Gasteiger partial charge in [-0.1, -0.05) is 36.4 Å². The molecule has 1 aliphatic rings. The van der Waals surface area contributed by atoms with Gasteiger partial charge in [-0.2, -0.15) is 26.3 Å². The molecule has 0 unspecified atom stereocenters. The standard InChI is InChI=1S/C29H24F6N4O3/c1-38(25(40)22-10-6-8-18-7-2-3-9-21(18)22)24-26(39-12-5-4-11-23(39)37-24)42-27(41)36-16-17-13-19(28(30,31)32)15-20(14-17)29(33,34)35/h2-3,6-10,13-15H,4-5,11-12,16H2,1H3,(H,36,41). The van der Waals surface area contributed by atoms with Crippen molar-refractivity contribution in [2.45, 2.75) is 44.7 Å². The Morgan fingerprint density at radius 2 is 1.62 bits per heavy atom. The van der Waals surface area contributed by atoms with E-state index in [0.717, 1.165) is 18.2 Å². The fraction of sp³-hybridized carbons (Fsp3) is 0.276. The van der Waals surface area contributed by atoms with Gasteiger partial charge in [-0.25, -0.2) is 9.78 Å². The third-order valence-electron chi connectivity index (χ3n) is 6.93. The van der Waals surface area contributed by atoms with Crippen LogP contribution in [0.4, 0.5) is 37.0 Å². The second-order valence-electron chi connectivity index (χ2n) is 9.81. The van der Waals surface area contributed by atoms with Crippen molar-refractivity contribution in [1.82, 2.24) is 14.9 Å². The van der Waals surface area contributed by atoms with Crippen LogP contribution in [-0.2, 0) is 31.9 Å². The number of hydrogen-bond donors (Lipinski definition) is 1. The lowest BCUT2D eigenvalue weighted by atomic mass is 10.0. The number of imidazole rings is 1. The molecule has 1 aliphatic heterocycles. The number of benzene rings is 3. The molecule has 13 heteroatoms. The van der Waals surface area contributed by atoms with Crippen LogP contribution in [0.15, 0.2) is 60.7 Å². The Hall–Kier alpha value is -4.55. The van der Waals surface area contributed by atoms with Crippen molar-refractivity contribution >= 4 is 28.6 Å². The molecular weight excluding hydrogens is 566 g/mol. The third-order valence-corrected chi connectivity index (χ3v) is 6.93. The molecule has 0 aliphatic carbocycles. The normalized spacial score (nSPS) is 13.5. The highest BCUT2D eigenvalue weighted by molar-refractivity contribution is 6.14. The van der Waals surface area contributed by atoms with E-state index in [9.17, 15) is 35.9 Å². The maximum absolute atomic E-state index is 13.6. The van der Waals surface area contributed by atoms with Crippen molar-refractivity contribution < 1.29 is 40.7 Å². The Morgan fingerprint density at radius 1 is 0.952 bits per heavy atom. The average Bonchev–Trinajstić information content (AvgIpc) is 3.32. The summed E-state index contributed by atoms with van der Waals surface area (Å²) in [5.74, 6) is 0.150. The second-order valence-corrected chi connectivity index (χ2v) is 9.81. The Labute approximate surface area is 235 Å². The van der Waals surface area contributed by atoms with E-state index >= 15 is 0 Å². The van der Waals surface area contributed by atoms with Crippen molar-refractivity contribution in [2.24, 2.45) is 0 Å². The van der Waals surface area contributed by atoms with Gasteiger partial charge in [-0.05, 0) is 53.4 Å². The molecule has 0 spiro atoms. The number of carbonyl (C=O) groups excluding carboxylic acids is 2. The van der Waals surface area contributed by atoms with E-state index in [1.165, 1.54) is 11.9 Å². The zero-order valence-electron chi connectivity index (χ0n) is 22.1. The average molecular weight is 591 g/mol. The Morgan fingerprint density at radius 3 is 2.31 bits per heavy atom. The van der Waals surface area contributed by atoms with E-state index in [0.29, 0.717) is 41.9 Å². The number of carbonyl (C=O) groups is 2. The number of ether oxygens (including phenoxy) is 1. The first-order valence-electron chi connectivity index (χ1n) is 12.9. The molecule has 1 aromatic heterocycles. The number of fused-ring (bicyclic) bond motifs is 2. The van der Waals surface area contributed by atoms with Crippen molar-refractivity contribution in [1.29, 1.82) is 0 Å². The monoisotopic (exact) mass is 590 g/mol. The Kier molecular flexibility index (Phi) is 7.60. The molecule has 0 saturated heterocycles. The molecule has 4 aromatic rings. The summed E-state index contributed by atoms with van der Waals surface area (Å²) in [4.78, 5) is 32.2. The largest absolute Gasteiger partial charge is 0.416 e. The van der Waals surface area contributed by atoms with Crippen LogP contribution in [0.2, 0.25) is 0 Å². The van der Waals surface area contributed by atoms with Crippen LogP contribution < -0.4 is 15.0 Å². The van der Waals surface area contributed by atoms with Crippen LogP contribution in [0.5, 0.6) is 5.88 Å². The summed E-state index contributed by atoms with van der Waals surface area (Å²) in [5, 5.41) is 3.77. The van der Waals surface area contributed by atoms with Gasteiger partial charge < -0.3 is 10.1 Å².